The molecule has 1 aromatic carbocycles. The van der Waals surface area contributed by atoms with E-state index >= 15 is 0 Å². The number of hydrogen-bond donors (Lipinski definition) is 3. The summed E-state index contributed by atoms with van der Waals surface area (Å²) in [5.74, 6) is 0. The molecular formula is C17H32O6Si2. The zero-order chi connectivity index (χ0) is 19.1. The Morgan fingerprint density at radius 1 is 1.20 bits per heavy atom. The summed E-state index contributed by atoms with van der Waals surface area (Å²) in [7, 11) is -3.95. The predicted octanol–water partition coefficient (Wildman–Crippen LogP) is 1.23. The van der Waals surface area contributed by atoms with Crippen LogP contribution in [0.2, 0.25) is 19.1 Å². The Labute approximate surface area is 152 Å². The van der Waals surface area contributed by atoms with E-state index in [1.165, 1.54) is 13.8 Å². The van der Waals surface area contributed by atoms with E-state index in [0.717, 1.165) is 5.19 Å². The molecule has 1 rings (SSSR count). The summed E-state index contributed by atoms with van der Waals surface area (Å²) < 4.78 is 17.2. The van der Waals surface area contributed by atoms with Crippen LogP contribution in [0.3, 0.4) is 0 Å². The molecule has 4 atom stereocenters. The highest BCUT2D eigenvalue weighted by Crippen LogP contribution is 2.20. The van der Waals surface area contributed by atoms with Gasteiger partial charge in [0.2, 0.25) is 0 Å². The molecule has 0 saturated carbocycles. The van der Waals surface area contributed by atoms with E-state index in [9.17, 15) is 15.0 Å². The normalized spacial score (nSPS) is 20.3. The summed E-state index contributed by atoms with van der Waals surface area (Å²) in [5.41, 5.74) is -1.26. The summed E-state index contributed by atoms with van der Waals surface area (Å²) in [5, 5.41) is 20.2. The molecule has 0 spiro atoms. The first-order valence-corrected chi connectivity index (χ1v) is 13.4. The highest BCUT2D eigenvalue weighted by molar-refractivity contribution is 6.87. The van der Waals surface area contributed by atoms with Crippen molar-refractivity contribution in [3.05, 3.63) is 30.3 Å². The minimum Gasteiger partial charge on any atom is -0.411 e. The minimum absolute atomic E-state index is 0.0628. The lowest BCUT2D eigenvalue weighted by atomic mass is 10.0. The Bertz CT molecular complexity index is 509. The molecule has 0 amide bonds. The third kappa shape index (κ3) is 7.28. The van der Waals surface area contributed by atoms with Gasteiger partial charge in [0, 0.05) is 13.7 Å². The van der Waals surface area contributed by atoms with E-state index in [0.29, 0.717) is 19.1 Å². The molecule has 0 fully saturated rings. The van der Waals surface area contributed by atoms with Gasteiger partial charge in [0.15, 0.2) is 0 Å². The van der Waals surface area contributed by atoms with Crippen LogP contribution in [0, 0.1) is 0 Å². The van der Waals surface area contributed by atoms with Crippen LogP contribution in [0.4, 0.5) is 0 Å². The van der Waals surface area contributed by atoms with Crippen molar-refractivity contribution in [2.75, 3.05) is 20.3 Å². The molecule has 0 heterocycles. The van der Waals surface area contributed by atoms with Crippen LogP contribution in [0.5, 0.6) is 0 Å². The molecule has 0 aliphatic heterocycles. The third-order valence-corrected chi connectivity index (χ3v) is 11.2. The summed E-state index contributed by atoms with van der Waals surface area (Å²) in [6.45, 7) is 7.24. The molecule has 144 valence electrons. The maximum absolute atomic E-state index is 10.8. The van der Waals surface area contributed by atoms with Crippen molar-refractivity contribution >= 4 is 22.3 Å². The molecular weight excluding hydrogens is 356 g/mol. The number of ether oxygens (including phenoxy) is 1. The fourth-order valence-corrected chi connectivity index (χ4v) is 8.69. The van der Waals surface area contributed by atoms with Gasteiger partial charge in [-0.2, -0.15) is 0 Å². The van der Waals surface area contributed by atoms with Gasteiger partial charge in [0.05, 0.1) is 12.7 Å². The van der Waals surface area contributed by atoms with Gasteiger partial charge in [-0.3, -0.25) is 0 Å². The molecule has 25 heavy (non-hydrogen) atoms. The summed E-state index contributed by atoms with van der Waals surface area (Å²) in [4.78, 5) is 10.8. The Kier molecular flexibility index (Phi) is 8.42. The molecule has 4 unspecified atom stereocenters. The quantitative estimate of drug-likeness (QED) is 0.390. The number of hydrogen-bond acceptors (Lipinski definition) is 6. The highest BCUT2D eigenvalue weighted by Gasteiger charge is 2.41. The molecule has 0 radical (unpaired) electrons. The Balaban J connectivity index is 2.51. The van der Waals surface area contributed by atoms with Crippen LogP contribution in [0.1, 0.15) is 20.3 Å². The average Bonchev–Trinajstić information content (AvgIpc) is 2.54. The molecule has 0 aliphatic rings. The summed E-state index contributed by atoms with van der Waals surface area (Å²) in [6, 6.07) is 10.1. The zero-order valence-electron chi connectivity index (χ0n) is 15.9. The summed E-state index contributed by atoms with van der Waals surface area (Å²) >= 11 is 0. The van der Waals surface area contributed by atoms with Crippen LogP contribution < -0.4 is 5.19 Å². The second kappa shape index (κ2) is 9.38. The largest absolute Gasteiger partial charge is 0.411 e. The number of aliphatic hydroxyl groups excluding tert-OH is 1. The first-order chi connectivity index (χ1) is 11.5. The lowest BCUT2D eigenvalue weighted by Gasteiger charge is -2.33. The van der Waals surface area contributed by atoms with Crippen LogP contribution in [-0.4, -0.2) is 64.2 Å². The second-order valence-corrected chi connectivity index (χ2v) is 13.5. The van der Waals surface area contributed by atoms with Crippen LogP contribution >= 0.6 is 0 Å². The molecule has 0 aromatic heterocycles. The SMILES string of the molecule is CO[Si](C)(CCCOCC(C)(O)C(C)O)O[Si](C)(O)c1ccccc1. The predicted molar refractivity (Wildman–Crippen MR) is 102 cm³/mol. The fraction of sp³-hybridized carbons (Fsp3) is 0.647. The smallest absolute Gasteiger partial charge is 0.357 e. The van der Waals surface area contributed by atoms with Crippen LogP contribution in [0.15, 0.2) is 30.3 Å². The van der Waals surface area contributed by atoms with Gasteiger partial charge in [-0.15, -0.1) is 0 Å². The highest BCUT2D eigenvalue weighted by atomic mass is 28.5. The van der Waals surface area contributed by atoms with E-state index in [1.807, 2.05) is 36.9 Å². The Hall–Kier alpha value is -0.586. The Morgan fingerprint density at radius 2 is 1.80 bits per heavy atom. The van der Waals surface area contributed by atoms with E-state index in [4.69, 9.17) is 13.3 Å². The van der Waals surface area contributed by atoms with Gasteiger partial charge in [0.1, 0.15) is 5.60 Å². The number of benzene rings is 1. The van der Waals surface area contributed by atoms with Crippen LogP contribution in [-0.2, 0) is 13.3 Å². The number of rotatable bonds is 11. The van der Waals surface area contributed by atoms with Gasteiger partial charge in [-0.1, -0.05) is 30.3 Å². The maximum atomic E-state index is 10.8. The lowest BCUT2D eigenvalue weighted by molar-refractivity contribution is -0.102. The van der Waals surface area contributed by atoms with Crippen molar-refractivity contribution < 1.29 is 28.3 Å². The molecule has 0 aliphatic carbocycles. The van der Waals surface area contributed by atoms with E-state index < -0.39 is 28.8 Å². The van der Waals surface area contributed by atoms with Crippen molar-refractivity contribution in [2.24, 2.45) is 0 Å². The maximum Gasteiger partial charge on any atom is 0.357 e. The molecule has 0 bridgehead atoms. The van der Waals surface area contributed by atoms with Crippen molar-refractivity contribution in [1.82, 2.24) is 0 Å². The van der Waals surface area contributed by atoms with Gasteiger partial charge in [0.25, 0.3) is 0 Å². The van der Waals surface area contributed by atoms with Gasteiger partial charge >= 0.3 is 17.1 Å². The minimum atomic E-state index is -3.03. The molecule has 3 N–H and O–H groups in total. The topological polar surface area (TPSA) is 88.4 Å². The van der Waals surface area contributed by atoms with E-state index in [-0.39, 0.29) is 6.61 Å². The number of aliphatic hydroxyl groups is 2. The molecule has 1 aromatic rings. The Morgan fingerprint density at radius 3 is 2.32 bits per heavy atom. The third-order valence-electron chi connectivity index (χ3n) is 4.37. The zero-order valence-corrected chi connectivity index (χ0v) is 17.9. The van der Waals surface area contributed by atoms with Gasteiger partial charge < -0.3 is 28.3 Å². The van der Waals surface area contributed by atoms with Crippen molar-refractivity contribution in [3.8, 4) is 0 Å². The second-order valence-electron chi connectivity index (χ2n) is 6.98. The van der Waals surface area contributed by atoms with E-state index in [1.54, 1.807) is 13.7 Å². The monoisotopic (exact) mass is 388 g/mol. The van der Waals surface area contributed by atoms with Gasteiger partial charge in [-0.05, 0) is 44.6 Å². The molecule has 8 heteroatoms. The first kappa shape index (κ1) is 22.5. The average molecular weight is 389 g/mol. The molecule has 0 saturated heterocycles. The van der Waals surface area contributed by atoms with Crippen molar-refractivity contribution in [3.63, 3.8) is 0 Å². The lowest BCUT2D eigenvalue weighted by Crippen LogP contribution is -2.57. The molecule has 6 nitrogen and oxygen atoms in total. The van der Waals surface area contributed by atoms with Crippen molar-refractivity contribution in [1.29, 1.82) is 0 Å². The first-order valence-electron chi connectivity index (χ1n) is 8.54. The summed E-state index contributed by atoms with van der Waals surface area (Å²) in [6.07, 6.45) is -0.174. The van der Waals surface area contributed by atoms with Crippen molar-refractivity contribution in [2.45, 2.75) is 51.1 Å². The van der Waals surface area contributed by atoms with E-state index in [2.05, 4.69) is 0 Å². The van der Waals surface area contributed by atoms with Crippen LogP contribution in [0.25, 0.3) is 0 Å². The van der Waals surface area contributed by atoms with Gasteiger partial charge in [-0.25, -0.2) is 0 Å². The standard InChI is InChI=1S/C17H32O6Si2/c1-15(18)17(2,19)14-22-12-9-13-24(4,21-3)23-25(5,20)16-10-7-6-8-11-16/h6-8,10-11,15,18-20H,9,12-14H2,1-5H3. The fourth-order valence-electron chi connectivity index (χ4n) is 2.32.